The molecular formula is C19H28O2. The SMILES string of the molecule is CCCC(CC)C1(c2ccc(C(=O)O)cc2)CCCCC1. The van der Waals surface area contributed by atoms with Crippen molar-refractivity contribution in [1.82, 2.24) is 0 Å². The molecule has 1 aromatic rings. The van der Waals surface area contributed by atoms with Gasteiger partial charge in [-0.2, -0.15) is 0 Å². The van der Waals surface area contributed by atoms with Crippen LogP contribution in [0.1, 0.15) is 81.1 Å². The molecule has 1 aliphatic rings. The van der Waals surface area contributed by atoms with E-state index in [0.717, 1.165) is 5.92 Å². The molecule has 1 N–H and O–H groups in total. The van der Waals surface area contributed by atoms with Crippen molar-refractivity contribution in [2.75, 3.05) is 0 Å². The summed E-state index contributed by atoms with van der Waals surface area (Å²) in [7, 11) is 0. The second-order valence-corrected chi connectivity index (χ2v) is 6.49. The van der Waals surface area contributed by atoms with Crippen LogP contribution in [-0.2, 0) is 5.41 Å². The maximum Gasteiger partial charge on any atom is 0.335 e. The van der Waals surface area contributed by atoms with Gasteiger partial charge in [0.2, 0.25) is 0 Å². The summed E-state index contributed by atoms with van der Waals surface area (Å²) in [6.45, 7) is 4.58. The molecule has 2 heteroatoms. The summed E-state index contributed by atoms with van der Waals surface area (Å²) in [5, 5.41) is 9.09. The molecule has 0 amide bonds. The number of carboxylic acids is 1. The Kier molecular flexibility index (Phi) is 5.44. The Labute approximate surface area is 128 Å². The number of hydrogen-bond donors (Lipinski definition) is 1. The van der Waals surface area contributed by atoms with Gasteiger partial charge in [0, 0.05) is 0 Å². The van der Waals surface area contributed by atoms with E-state index in [1.165, 1.54) is 56.9 Å². The first-order valence-corrected chi connectivity index (χ1v) is 8.48. The van der Waals surface area contributed by atoms with E-state index in [4.69, 9.17) is 5.11 Å². The summed E-state index contributed by atoms with van der Waals surface area (Å²) >= 11 is 0. The van der Waals surface area contributed by atoms with E-state index in [0.29, 0.717) is 5.56 Å². The molecule has 2 rings (SSSR count). The van der Waals surface area contributed by atoms with Crippen LogP contribution in [0, 0.1) is 5.92 Å². The third-order valence-corrected chi connectivity index (χ3v) is 5.36. The molecule has 0 spiro atoms. The van der Waals surface area contributed by atoms with Crippen LogP contribution in [0.2, 0.25) is 0 Å². The van der Waals surface area contributed by atoms with E-state index in [1.807, 2.05) is 0 Å². The van der Waals surface area contributed by atoms with Gasteiger partial charge in [-0.05, 0) is 48.3 Å². The van der Waals surface area contributed by atoms with Crippen molar-refractivity contribution in [2.45, 2.75) is 70.6 Å². The summed E-state index contributed by atoms with van der Waals surface area (Å²) in [6, 6.07) is 7.72. The van der Waals surface area contributed by atoms with Crippen molar-refractivity contribution in [2.24, 2.45) is 5.92 Å². The maximum atomic E-state index is 11.1. The van der Waals surface area contributed by atoms with Crippen LogP contribution in [0.3, 0.4) is 0 Å². The van der Waals surface area contributed by atoms with Gasteiger partial charge in [0.15, 0.2) is 0 Å². The highest BCUT2D eigenvalue weighted by atomic mass is 16.4. The molecular weight excluding hydrogens is 260 g/mol. The van der Waals surface area contributed by atoms with Crippen molar-refractivity contribution >= 4 is 5.97 Å². The van der Waals surface area contributed by atoms with Crippen LogP contribution in [0.25, 0.3) is 0 Å². The zero-order valence-corrected chi connectivity index (χ0v) is 13.4. The molecule has 1 atom stereocenters. The first-order chi connectivity index (χ1) is 10.1. The molecule has 0 heterocycles. The van der Waals surface area contributed by atoms with Gasteiger partial charge in [-0.3, -0.25) is 0 Å². The van der Waals surface area contributed by atoms with Crippen molar-refractivity contribution in [3.63, 3.8) is 0 Å². The normalized spacial score (nSPS) is 19.1. The summed E-state index contributed by atoms with van der Waals surface area (Å²) in [4.78, 5) is 11.1. The predicted molar refractivity (Wildman–Crippen MR) is 86.9 cm³/mol. The Morgan fingerprint density at radius 1 is 1.14 bits per heavy atom. The highest BCUT2D eigenvalue weighted by Gasteiger charge is 2.39. The third-order valence-electron chi connectivity index (χ3n) is 5.36. The van der Waals surface area contributed by atoms with Crippen LogP contribution < -0.4 is 0 Å². The Bertz CT molecular complexity index is 455. The van der Waals surface area contributed by atoms with E-state index in [9.17, 15) is 4.79 Å². The maximum absolute atomic E-state index is 11.1. The summed E-state index contributed by atoms with van der Waals surface area (Å²) in [5.41, 5.74) is 2.04. The minimum absolute atomic E-state index is 0.278. The highest BCUT2D eigenvalue weighted by molar-refractivity contribution is 5.87. The quantitative estimate of drug-likeness (QED) is 0.759. The van der Waals surface area contributed by atoms with Gasteiger partial charge in [-0.1, -0.05) is 58.1 Å². The van der Waals surface area contributed by atoms with Crippen LogP contribution in [0.4, 0.5) is 0 Å². The lowest BCUT2D eigenvalue weighted by molar-refractivity contribution is 0.0696. The van der Waals surface area contributed by atoms with Crippen LogP contribution in [-0.4, -0.2) is 11.1 Å². The molecule has 0 aromatic heterocycles. The number of benzene rings is 1. The van der Waals surface area contributed by atoms with Crippen LogP contribution in [0.5, 0.6) is 0 Å². The van der Waals surface area contributed by atoms with Gasteiger partial charge in [0.05, 0.1) is 5.56 Å². The third kappa shape index (κ3) is 3.30. The molecule has 0 bridgehead atoms. The molecule has 1 saturated carbocycles. The lowest BCUT2D eigenvalue weighted by atomic mass is 9.60. The van der Waals surface area contributed by atoms with Crippen molar-refractivity contribution in [3.8, 4) is 0 Å². The summed E-state index contributed by atoms with van der Waals surface area (Å²) < 4.78 is 0. The monoisotopic (exact) mass is 288 g/mol. The Morgan fingerprint density at radius 3 is 2.24 bits per heavy atom. The Balaban J connectivity index is 2.36. The van der Waals surface area contributed by atoms with Gasteiger partial charge in [-0.15, -0.1) is 0 Å². The van der Waals surface area contributed by atoms with Crippen molar-refractivity contribution in [1.29, 1.82) is 0 Å². The van der Waals surface area contributed by atoms with E-state index in [1.54, 1.807) is 12.1 Å². The summed E-state index contributed by atoms with van der Waals surface area (Å²) in [6.07, 6.45) is 10.2. The van der Waals surface area contributed by atoms with Crippen LogP contribution >= 0.6 is 0 Å². The zero-order valence-electron chi connectivity index (χ0n) is 13.4. The standard InChI is InChI=1S/C19H28O2/c1-3-8-16(4-2)19(13-6-5-7-14-19)17-11-9-15(10-12-17)18(20)21/h9-12,16H,3-8,13-14H2,1-2H3,(H,20,21). The van der Waals surface area contributed by atoms with Gasteiger partial charge in [0.1, 0.15) is 0 Å². The Morgan fingerprint density at radius 2 is 1.76 bits per heavy atom. The fourth-order valence-corrected chi connectivity index (χ4v) is 4.28. The number of rotatable bonds is 6. The number of carbonyl (C=O) groups is 1. The molecule has 0 aliphatic heterocycles. The Hall–Kier alpha value is -1.31. The lowest BCUT2D eigenvalue weighted by Crippen LogP contribution is -2.37. The van der Waals surface area contributed by atoms with Crippen LogP contribution in [0.15, 0.2) is 24.3 Å². The first-order valence-electron chi connectivity index (χ1n) is 8.48. The highest BCUT2D eigenvalue weighted by Crippen LogP contribution is 2.48. The van der Waals surface area contributed by atoms with E-state index < -0.39 is 5.97 Å². The molecule has 1 aromatic carbocycles. The molecule has 2 nitrogen and oxygen atoms in total. The number of aromatic carboxylic acids is 1. The smallest absolute Gasteiger partial charge is 0.335 e. The fraction of sp³-hybridized carbons (Fsp3) is 0.632. The molecule has 21 heavy (non-hydrogen) atoms. The largest absolute Gasteiger partial charge is 0.478 e. The average Bonchev–Trinajstić information content (AvgIpc) is 2.53. The molecule has 1 fully saturated rings. The van der Waals surface area contributed by atoms with Gasteiger partial charge in [-0.25, -0.2) is 4.79 Å². The van der Waals surface area contributed by atoms with E-state index in [2.05, 4.69) is 26.0 Å². The molecule has 1 aliphatic carbocycles. The topological polar surface area (TPSA) is 37.3 Å². The van der Waals surface area contributed by atoms with Crippen molar-refractivity contribution in [3.05, 3.63) is 35.4 Å². The molecule has 116 valence electrons. The predicted octanol–water partition coefficient (Wildman–Crippen LogP) is 5.41. The lowest BCUT2D eigenvalue weighted by Gasteiger charge is -2.44. The molecule has 1 unspecified atom stereocenters. The van der Waals surface area contributed by atoms with Crippen molar-refractivity contribution < 1.29 is 9.90 Å². The minimum Gasteiger partial charge on any atom is -0.478 e. The first kappa shape index (κ1) is 16.1. The number of carboxylic acid groups (broad SMARTS) is 1. The fourth-order valence-electron chi connectivity index (χ4n) is 4.28. The second kappa shape index (κ2) is 7.11. The summed E-state index contributed by atoms with van der Waals surface area (Å²) in [5.74, 6) is -0.113. The molecule has 0 radical (unpaired) electrons. The second-order valence-electron chi connectivity index (χ2n) is 6.49. The average molecular weight is 288 g/mol. The van der Waals surface area contributed by atoms with E-state index >= 15 is 0 Å². The molecule has 0 saturated heterocycles. The minimum atomic E-state index is -0.833. The van der Waals surface area contributed by atoms with E-state index in [-0.39, 0.29) is 5.41 Å². The zero-order chi connectivity index (χ0) is 15.3. The number of hydrogen-bond acceptors (Lipinski definition) is 1. The van der Waals surface area contributed by atoms with Gasteiger partial charge in [0.25, 0.3) is 0 Å². The van der Waals surface area contributed by atoms with Gasteiger partial charge >= 0.3 is 5.97 Å². The van der Waals surface area contributed by atoms with Gasteiger partial charge < -0.3 is 5.11 Å².